The Kier molecular flexibility index (Phi) is 6.48. The van der Waals surface area contributed by atoms with Gasteiger partial charge in [-0.05, 0) is 55.4 Å². The highest BCUT2D eigenvalue weighted by Gasteiger charge is 2.15. The zero-order chi connectivity index (χ0) is 17.5. The normalized spacial score (nSPS) is 12.0. The maximum absolute atomic E-state index is 12.6. The number of nitrogens with one attached hydrogen (secondary N) is 1. The van der Waals surface area contributed by atoms with E-state index in [9.17, 15) is 4.79 Å². The average Bonchev–Trinajstić information content (AvgIpc) is 2.59. The molecule has 0 aliphatic heterocycles. The third-order valence-corrected chi connectivity index (χ3v) is 4.59. The van der Waals surface area contributed by atoms with Crippen LogP contribution < -0.4 is 0 Å². The molecule has 1 unspecified atom stereocenters. The molecule has 0 spiro atoms. The molecule has 0 aliphatic carbocycles. The third-order valence-electron chi connectivity index (χ3n) is 4.59. The Bertz CT molecular complexity index is 703. The second kappa shape index (κ2) is 8.58. The molecular formula is C22H27NO. The fraction of sp³-hybridized carbons (Fsp3) is 0.364. The van der Waals surface area contributed by atoms with Crippen molar-refractivity contribution >= 4 is 11.5 Å². The molecule has 1 N–H and O–H groups in total. The monoisotopic (exact) mass is 321 g/mol. The number of Topliss-reactive ketones (excluding diaryl/α,β-unsaturated/α-hetero) is 1. The Morgan fingerprint density at radius 2 is 1.79 bits per heavy atom. The zero-order valence-electron chi connectivity index (χ0n) is 14.9. The van der Waals surface area contributed by atoms with Crippen LogP contribution in [0.3, 0.4) is 0 Å². The highest BCUT2D eigenvalue weighted by molar-refractivity contribution is 6.02. The Morgan fingerprint density at radius 1 is 1.08 bits per heavy atom. The molecule has 0 fully saturated rings. The molecule has 24 heavy (non-hydrogen) atoms. The van der Waals surface area contributed by atoms with Crippen molar-refractivity contribution in [2.75, 3.05) is 0 Å². The number of ketones is 1. The van der Waals surface area contributed by atoms with E-state index in [1.165, 1.54) is 5.56 Å². The first-order valence-electron chi connectivity index (χ1n) is 8.77. The lowest BCUT2D eigenvalue weighted by Gasteiger charge is -2.16. The molecule has 0 aromatic heterocycles. The van der Waals surface area contributed by atoms with Crippen LogP contribution in [0.25, 0.3) is 0 Å². The van der Waals surface area contributed by atoms with Crippen molar-refractivity contribution in [1.82, 2.24) is 0 Å². The standard InChI is InChI=1S/C22H27NO/c1-4-8-18(19-9-6-5-7-10-19)13-14-22(24)20-12-11-16(2)21(15-20)17(3)23/h5-7,9-12,15,18,23H,4,8,13-14H2,1-3H3. The summed E-state index contributed by atoms with van der Waals surface area (Å²) in [5.41, 5.74) is 4.48. The lowest BCUT2D eigenvalue weighted by molar-refractivity contribution is 0.0977. The van der Waals surface area contributed by atoms with E-state index in [0.29, 0.717) is 18.1 Å². The first-order valence-corrected chi connectivity index (χ1v) is 8.77. The summed E-state index contributed by atoms with van der Waals surface area (Å²) in [6.07, 6.45) is 3.66. The van der Waals surface area contributed by atoms with Gasteiger partial charge >= 0.3 is 0 Å². The summed E-state index contributed by atoms with van der Waals surface area (Å²) in [5, 5.41) is 7.84. The minimum absolute atomic E-state index is 0.175. The van der Waals surface area contributed by atoms with Gasteiger partial charge in [0.1, 0.15) is 0 Å². The largest absolute Gasteiger partial charge is 0.305 e. The highest BCUT2D eigenvalue weighted by atomic mass is 16.1. The molecule has 0 bridgehead atoms. The topological polar surface area (TPSA) is 40.9 Å². The maximum Gasteiger partial charge on any atom is 0.162 e. The van der Waals surface area contributed by atoms with Crippen LogP contribution in [0.5, 0.6) is 0 Å². The zero-order valence-corrected chi connectivity index (χ0v) is 14.9. The third kappa shape index (κ3) is 4.64. The van der Waals surface area contributed by atoms with Crippen LogP contribution in [-0.2, 0) is 0 Å². The Balaban J connectivity index is 2.08. The fourth-order valence-electron chi connectivity index (χ4n) is 3.20. The van der Waals surface area contributed by atoms with Gasteiger partial charge in [0.25, 0.3) is 0 Å². The average molecular weight is 321 g/mol. The molecule has 0 radical (unpaired) electrons. The van der Waals surface area contributed by atoms with Crippen LogP contribution in [0.2, 0.25) is 0 Å². The van der Waals surface area contributed by atoms with Gasteiger partial charge in [0.05, 0.1) is 0 Å². The first-order chi connectivity index (χ1) is 11.5. The Labute approximate surface area is 145 Å². The number of hydrogen-bond acceptors (Lipinski definition) is 2. The summed E-state index contributed by atoms with van der Waals surface area (Å²) in [7, 11) is 0. The predicted molar refractivity (Wildman–Crippen MR) is 101 cm³/mol. The van der Waals surface area contributed by atoms with Crippen molar-refractivity contribution in [3.05, 3.63) is 70.8 Å². The number of benzene rings is 2. The lowest BCUT2D eigenvalue weighted by atomic mass is 9.88. The molecule has 2 heteroatoms. The minimum Gasteiger partial charge on any atom is -0.305 e. The van der Waals surface area contributed by atoms with Gasteiger partial charge in [-0.25, -0.2) is 0 Å². The minimum atomic E-state index is 0.175. The van der Waals surface area contributed by atoms with E-state index in [-0.39, 0.29) is 5.78 Å². The Hall–Kier alpha value is -2.22. The first kappa shape index (κ1) is 18.1. The van der Waals surface area contributed by atoms with Crippen LogP contribution >= 0.6 is 0 Å². The molecule has 2 rings (SSSR count). The number of carbonyl (C=O) groups excluding carboxylic acids is 1. The second-order valence-corrected chi connectivity index (χ2v) is 6.51. The number of rotatable bonds is 8. The van der Waals surface area contributed by atoms with Crippen molar-refractivity contribution in [1.29, 1.82) is 5.41 Å². The predicted octanol–water partition coefficient (Wildman–Crippen LogP) is 5.93. The molecule has 0 saturated heterocycles. The van der Waals surface area contributed by atoms with E-state index in [2.05, 4.69) is 31.2 Å². The van der Waals surface area contributed by atoms with E-state index in [0.717, 1.165) is 36.0 Å². The molecule has 2 aromatic carbocycles. The van der Waals surface area contributed by atoms with Gasteiger partial charge in [-0.1, -0.05) is 55.8 Å². The molecule has 126 valence electrons. The van der Waals surface area contributed by atoms with Gasteiger partial charge in [-0.3, -0.25) is 4.79 Å². The van der Waals surface area contributed by atoms with Crippen LogP contribution in [0.4, 0.5) is 0 Å². The summed E-state index contributed by atoms with van der Waals surface area (Å²) in [4.78, 5) is 12.6. The van der Waals surface area contributed by atoms with Crippen molar-refractivity contribution in [3.63, 3.8) is 0 Å². The van der Waals surface area contributed by atoms with Crippen LogP contribution in [-0.4, -0.2) is 11.5 Å². The van der Waals surface area contributed by atoms with Crippen molar-refractivity contribution in [2.24, 2.45) is 0 Å². The van der Waals surface area contributed by atoms with E-state index >= 15 is 0 Å². The summed E-state index contributed by atoms with van der Waals surface area (Å²) in [6.45, 7) is 5.94. The van der Waals surface area contributed by atoms with E-state index in [1.807, 2.05) is 31.2 Å². The van der Waals surface area contributed by atoms with Gasteiger partial charge in [0.15, 0.2) is 5.78 Å². The molecule has 0 saturated carbocycles. The second-order valence-electron chi connectivity index (χ2n) is 6.51. The van der Waals surface area contributed by atoms with E-state index < -0.39 is 0 Å². The Morgan fingerprint density at radius 3 is 2.42 bits per heavy atom. The number of aryl methyl sites for hydroxylation is 1. The van der Waals surface area contributed by atoms with Crippen molar-refractivity contribution in [2.45, 2.75) is 52.4 Å². The van der Waals surface area contributed by atoms with Gasteiger partial charge in [0.2, 0.25) is 0 Å². The fourth-order valence-corrected chi connectivity index (χ4v) is 3.20. The van der Waals surface area contributed by atoms with Crippen LogP contribution in [0, 0.1) is 12.3 Å². The number of carbonyl (C=O) groups is 1. The summed E-state index contributed by atoms with van der Waals surface area (Å²) in [6, 6.07) is 16.2. The quantitative estimate of drug-likeness (QED) is 0.475. The molecule has 2 nitrogen and oxygen atoms in total. The molecule has 1 atom stereocenters. The molecule has 2 aromatic rings. The highest BCUT2D eigenvalue weighted by Crippen LogP contribution is 2.27. The van der Waals surface area contributed by atoms with Gasteiger partial charge < -0.3 is 5.41 Å². The van der Waals surface area contributed by atoms with Gasteiger partial charge in [0, 0.05) is 17.7 Å². The van der Waals surface area contributed by atoms with Gasteiger partial charge in [-0.2, -0.15) is 0 Å². The van der Waals surface area contributed by atoms with Crippen LogP contribution in [0.1, 0.15) is 72.5 Å². The van der Waals surface area contributed by atoms with Gasteiger partial charge in [-0.15, -0.1) is 0 Å². The van der Waals surface area contributed by atoms with Crippen molar-refractivity contribution in [3.8, 4) is 0 Å². The summed E-state index contributed by atoms with van der Waals surface area (Å²) < 4.78 is 0. The summed E-state index contributed by atoms with van der Waals surface area (Å²) in [5.74, 6) is 0.615. The molecule has 0 heterocycles. The molecule has 0 amide bonds. The van der Waals surface area contributed by atoms with E-state index in [4.69, 9.17) is 5.41 Å². The SMILES string of the molecule is CCCC(CCC(=O)c1ccc(C)c(C(C)=N)c1)c1ccccc1. The van der Waals surface area contributed by atoms with Crippen LogP contribution in [0.15, 0.2) is 48.5 Å². The smallest absolute Gasteiger partial charge is 0.162 e. The maximum atomic E-state index is 12.6. The summed E-state index contributed by atoms with van der Waals surface area (Å²) >= 11 is 0. The molecule has 0 aliphatic rings. The van der Waals surface area contributed by atoms with Crippen molar-refractivity contribution < 1.29 is 4.79 Å². The molecular weight excluding hydrogens is 294 g/mol. The van der Waals surface area contributed by atoms with E-state index in [1.54, 1.807) is 6.92 Å². The lowest BCUT2D eigenvalue weighted by Crippen LogP contribution is -2.06. The number of hydrogen-bond donors (Lipinski definition) is 1.